The zero-order valence-electron chi connectivity index (χ0n) is 18.2. The first kappa shape index (κ1) is 25.0. The fourth-order valence-corrected chi connectivity index (χ4v) is 4.56. The molecule has 0 aromatic heterocycles. The van der Waals surface area contributed by atoms with Gasteiger partial charge in [0.1, 0.15) is 17.3 Å². The van der Waals surface area contributed by atoms with Crippen molar-refractivity contribution in [2.24, 2.45) is 0 Å². The van der Waals surface area contributed by atoms with Gasteiger partial charge in [-0.15, -0.1) is 0 Å². The topological polar surface area (TPSA) is 130 Å². The molecular weight excluding hydrogens is 518 g/mol. The Kier molecular flexibility index (Phi) is 6.57. The van der Waals surface area contributed by atoms with E-state index < -0.39 is 51.2 Å². The van der Waals surface area contributed by atoms with E-state index in [1.807, 2.05) is 0 Å². The molecule has 1 fully saturated rings. The number of rotatable bonds is 5. The lowest BCUT2D eigenvalue weighted by molar-refractivity contribution is -0.385. The minimum absolute atomic E-state index is 0.00253. The van der Waals surface area contributed by atoms with Gasteiger partial charge in [0.25, 0.3) is 11.7 Å². The molecule has 0 saturated carbocycles. The van der Waals surface area contributed by atoms with Crippen LogP contribution in [0.2, 0.25) is 10.0 Å². The number of benzene rings is 3. The molecule has 0 bridgehead atoms. The molecule has 0 radical (unpaired) electrons. The SMILES string of the molecule is COc1c(Cl)cc(Cl)cc1/C(O)=C1\C(=O)C(=O)N(c2cccc(F)c2)C1c1ccc(O)c([N+](=O)[O-])c1. The molecule has 4 rings (SSSR count). The monoisotopic (exact) mass is 532 g/mol. The van der Waals surface area contributed by atoms with Crippen molar-refractivity contribution in [1.29, 1.82) is 0 Å². The molecule has 1 aliphatic rings. The van der Waals surface area contributed by atoms with Crippen LogP contribution in [0.3, 0.4) is 0 Å². The van der Waals surface area contributed by atoms with Gasteiger partial charge in [-0.25, -0.2) is 4.39 Å². The number of carbonyl (C=O) groups is 2. The number of methoxy groups -OCH3 is 1. The number of carbonyl (C=O) groups excluding carboxylic acids is 2. The number of ether oxygens (including phenoxy) is 1. The van der Waals surface area contributed by atoms with Crippen LogP contribution in [0.15, 0.2) is 60.2 Å². The molecular formula is C24H15Cl2FN2O7. The summed E-state index contributed by atoms with van der Waals surface area (Å²) >= 11 is 12.3. The predicted molar refractivity (Wildman–Crippen MR) is 129 cm³/mol. The van der Waals surface area contributed by atoms with Gasteiger partial charge in [-0.05, 0) is 42.0 Å². The summed E-state index contributed by atoms with van der Waals surface area (Å²) in [6, 6.07) is 9.12. The van der Waals surface area contributed by atoms with E-state index in [4.69, 9.17) is 27.9 Å². The van der Waals surface area contributed by atoms with E-state index in [9.17, 15) is 34.3 Å². The maximum atomic E-state index is 14.1. The van der Waals surface area contributed by atoms with Crippen LogP contribution in [0, 0.1) is 15.9 Å². The summed E-state index contributed by atoms with van der Waals surface area (Å²) in [7, 11) is 1.26. The predicted octanol–water partition coefficient (Wildman–Crippen LogP) is 5.38. The summed E-state index contributed by atoms with van der Waals surface area (Å²) in [5, 5.41) is 32.7. The smallest absolute Gasteiger partial charge is 0.311 e. The second-order valence-corrected chi connectivity index (χ2v) is 8.47. The number of nitrogens with zero attached hydrogens (tertiary/aromatic N) is 2. The number of hydrogen-bond donors (Lipinski definition) is 2. The lowest BCUT2D eigenvalue weighted by Crippen LogP contribution is -2.29. The van der Waals surface area contributed by atoms with Gasteiger partial charge in [-0.2, -0.15) is 0 Å². The highest BCUT2D eigenvalue weighted by Gasteiger charge is 2.48. The summed E-state index contributed by atoms with van der Waals surface area (Å²) in [5.74, 6) is -4.44. The molecule has 0 spiro atoms. The van der Waals surface area contributed by atoms with E-state index in [2.05, 4.69) is 0 Å². The van der Waals surface area contributed by atoms with E-state index >= 15 is 0 Å². The van der Waals surface area contributed by atoms with Crippen LogP contribution >= 0.6 is 23.2 Å². The lowest BCUT2D eigenvalue weighted by atomic mass is 9.94. The highest BCUT2D eigenvalue weighted by molar-refractivity contribution is 6.52. The van der Waals surface area contributed by atoms with Crippen molar-refractivity contribution < 1.29 is 33.9 Å². The summed E-state index contributed by atoms with van der Waals surface area (Å²) < 4.78 is 19.3. The van der Waals surface area contributed by atoms with Crippen molar-refractivity contribution in [2.75, 3.05) is 12.0 Å². The van der Waals surface area contributed by atoms with E-state index in [-0.39, 0.29) is 32.6 Å². The number of Topliss-reactive ketones (excluding diaryl/α,β-unsaturated/α-hetero) is 1. The third-order valence-electron chi connectivity index (χ3n) is 5.51. The molecule has 1 amide bonds. The molecule has 0 aliphatic carbocycles. The number of phenolic OH excluding ortho intramolecular Hbond substituents is 1. The maximum absolute atomic E-state index is 14.1. The number of aliphatic hydroxyl groups is 1. The average molecular weight is 533 g/mol. The molecule has 1 unspecified atom stereocenters. The molecule has 2 N–H and O–H groups in total. The number of phenols is 1. The van der Waals surface area contributed by atoms with Crippen LogP contribution in [-0.4, -0.2) is 33.9 Å². The van der Waals surface area contributed by atoms with Gasteiger partial charge in [-0.1, -0.05) is 35.3 Å². The molecule has 184 valence electrons. The number of aliphatic hydroxyl groups excluding tert-OH is 1. The zero-order chi connectivity index (χ0) is 26.3. The number of aromatic hydroxyl groups is 1. The second kappa shape index (κ2) is 9.48. The van der Waals surface area contributed by atoms with Crippen LogP contribution in [0.5, 0.6) is 11.5 Å². The number of hydrogen-bond acceptors (Lipinski definition) is 7. The Bertz CT molecular complexity index is 1470. The van der Waals surface area contributed by atoms with E-state index in [0.29, 0.717) is 0 Å². The van der Waals surface area contributed by atoms with Crippen LogP contribution in [0.4, 0.5) is 15.8 Å². The van der Waals surface area contributed by atoms with Crippen LogP contribution in [-0.2, 0) is 9.59 Å². The van der Waals surface area contributed by atoms with Crippen molar-refractivity contribution in [2.45, 2.75) is 6.04 Å². The summed E-state index contributed by atoms with van der Waals surface area (Å²) in [6.45, 7) is 0. The molecule has 1 atom stereocenters. The van der Waals surface area contributed by atoms with Gasteiger partial charge < -0.3 is 14.9 Å². The first-order valence-electron chi connectivity index (χ1n) is 10.1. The van der Waals surface area contributed by atoms with E-state index in [1.54, 1.807) is 0 Å². The number of ketones is 1. The van der Waals surface area contributed by atoms with Crippen molar-refractivity contribution in [1.82, 2.24) is 0 Å². The van der Waals surface area contributed by atoms with Crippen molar-refractivity contribution in [3.8, 4) is 11.5 Å². The fraction of sp³-hybridized carbons (Fsp3) is 0.0833. The van der Waals surface area contributed by atoms with E-state index in [0.717, 1.165) is 29.2 Å². The third kappa shape index (κ3) is 4.21. The number of anilines is 1. The molecule has 1 saturated heterocycles. The molecule has 9 nitrogen and oxygen atoms in total. The first-order chi connectivity index (χ1) is 17.0. The fourth-order valence-electron chi connectivity index (χ4n) is 3.99. The van der Waals surface area contributed by atoms with Gasteiger partial charge in [0.05, 0.1) is 34.2 Å². The highest BCUT2D eigenvalue weighted by atomic mass is 35.5. The Morgan fingerprint density at radius 1 is 1.14 bits per heavy atom. The molecule has 3 aromatic carbocycles. The average Bonchev–Trinajstić information content (AvgIpc) is 3.08. The molecule has 36 heavy (non-hydrogen) atoms. The zero-order valence-corrected chi connectivity index (χ0v) is 19.7. The summed E-state index contributed by atoms with van der Waals surface area (Å²) in [4.78, 5) is 37.9. The maximum Gasteiger partial charge on any atom is 0.311 e. The van der Waals surface area contributed by atoms with Crippen molar-refractivity contribution in [3.05, 3.63) is 97.3 Å². The van der Waals surface area contributed by atoms with Crippen molar-refractivity contribution >= 4 is 52.0 Å². The largest absolute Gasteiger partial charge is 0.507 e. The minimum atomic E-state index is -1.45. The Hall–Kier alpha value is -4.15. The number of halogens is 3. The Labute approximate surface area is 212 Å². The van der Waals surface area contributed by atoms with Gasteiger partial charge in [0, 0.05) is 16.8 Å². The minimum Gasteiger partial charge on any atom is -0.507 e. The summed E-state index contributed by atoms with van der Waals surface area (Å²) in [5.41, 5.74) is -1.38. The normalized spacial score (nSPS) is 16.9. The molecule has 1 aliphatic heterocycles. The van der Waals surface area contributed by atoms with Crippen LogP contribution in [0.25, 0.3) is 5.76 Å². The Balaban J connectivity index is 2.06. The molecule has 12 heteroatoms. The van der Waals surface area contributed by atoms with Crippen LogP contribution in [0.1, 0.15) is 17.2 Å². The Morgan fingerprint density at radius 2 is 1.86 bits per heavy atom. The first-order valence-corrected chi connectivity index (χ1v) is 10.9. The number of nitro groups is 1. The van der Waals surface area contributed by atoms with Gasteiger partial charge in [0.15, 0.2) is 5.75 Å². The lowest BCUT2D eigenvalue weighted by Gasteiger charge is -2.25. The Morgan fingerprint density at radius 3 is 2.50 bits per heavy atom. The van der Waals surface area contributed by atoms with Gasteiger partial charge in [-0.3, -0.25) is 24.6 Å². The van der Waals surface area contributed by atoms with Gasteiger partial charge in [0.2, 0.25) is 0 Å². The standard InChI is InChI=1S/C24H15Cl2FN2O7/c1-36-23-15(8-12(25)9-16(23)26)21(31)19-20(11-5-6-18(30)17(7-11)29(34)35)28(24(33)22(19)32)14-4-2-3-13(27)10-14/h2-10,20,30-31H,1H3/b21-19+. The quantitative estimate of drug-likeness (QED) is 0.148. The summed E-state index contributed by atoms with van der Waals surface area (Å²) in [6.07, 6.45) is 0. The molecule has 1 heterocycles. The van der Waals surface area contributed by atoms with E-state index in [1.165, 1.54) is 37.4 Å². The number of nitro benzene ring substituents is 1. The highest BCUT2D eigenvalue weighted by Crippen LogP contribution is 2.46. The molecule has 3 aromatic rings. The second-order valence-electron chi connectivity index (χ2n) is 7.62. The van der Waals surface area contributed by atoms with Crippen molar-refractivity contribution in [3.63, 3.8) is 0 Å². The van der Waals surface area contributed by atoms with Crippen LogP contribution < -0.4 is 9.64 Å². The number of amides is 1. The van der Waals surface area contributed by atoms with Gasteiger partial charge >= 0.3 is 5.69 Å². The third-order valence-corrected chi connectivity index (χ3v) is 6.01.